The summed E-state index contributed by atoms with van der Waals surface area (Å²) in [6.45, 7) is 1.02. The third-order valence-corrected chi connectivity index (χ3v) is 2.39. The lowest BCUT2D eigenvalue weighted by molar-refractivity contribution is 0.0760. The third-order valence-electron chi connectivity index (χ3n) is 2.39. The molecule has 1 aliphatic rings. The van der Waals surface area contributed by atoms with E-state index in [-0.39, 0.29) is 12.0 Å². The number of nitrogens with zero attached hydrogens (tertiary/aromatic N) is 1. The molecule has 1 saturated heterocycles. The maximum atomic E-state index is 11.7. The van der Waals surface area contributed by atoms with E-state index >= 15 is 0 Å². The smallest absolute Gasteiger partial charge is 0.270 e. The standard InChI is InChI=1S/C9H13N3O2/c10-6-3-8(11-4-6)9(14)12-2-1-7(13)5-12/h3-4,7,11,13H,1-2,5,10H2/t7-/m0/s1. The zero-order valence-electron chi connectivity index (χ0n) is 7.73. The second kappa shape index (κ2) is 3.34. The van der Waals surface area contributed by atoms with Crippen molar-refractivity contribution in [1.29, 1.82) is 0 Å². The Morgan fingerprint density at radius 3 is 3.00 bits per heavy atom. The third kappa shape index (κ3) is 1.58. The first-order chi connectivity index (χ1) is 6.66. The molecule has 1 amide bonds. The van der Waals surface area contributed by atoms with Crippen LogP contribution in [0.3, 0.4) is 0 Å². The Labute approximate surface area is 81.5 Å². The maximum Gasteiger partial charge on any atom is 0.270 e. The van der Waals surface area contributed by atoms with Crippen molar-refractivity contribution in [3.8, 4) is 0 Å². The van der Waals surface area contributed by atoms with Crippen molar-refractivity contribution in [2.45, 2.75) is 12.5 Å². The highest BCUT2D eigenvalue weighted by Gasteiger charge is 2.25. The van der Waals surface area contributed by atoms with Crippen LogP contribution in [0.25, 0.3) is 0 Å². The van der Waals surface area contributed by atoms with Crippen LogP contribution >= 0.6 is 0 Å². The zero-order valence-corrected chi connectivity index (χ0v) is 7.73. The van der Waals surface area contributed by atoms with Gasteiger partial charge in [-0.15, -0.1) is 0 Å². The summed E-state index contributed by atoms with van der Waals surface area (Å²) in [6, 6.07) is 1.60. The normalized spacial score (nSPS) is 21.5. The summed E-state index contributed by atoms with van der Waals surface area (Å²) in [5.41, 5.74) is 6.52. The van der Waals surface area contributed by atoms with Crippen molar-refractivity contribution in [1.82, 2.24) is 9.88 Å². The summed E-state index contributed by atoms with van der Waals surface area (Å²) < 4.78 is 0. The molecule has 0 aliphatic carbocycles. The number of carbonyl (C=O) groups excluding carboxylic acids is 1. The summed E-state index contributed by atoms with van der Waals surface area (Å²) in [4.78, 5) is 16.2. The highest BCUT2D eigenvalue weighted by molar-refractivity contribution is 5.93. The monoisotopic (exact) mass is 195 g/mol. The van der Waals surface area contributed by atoms with Crippen molar-refractivity contribution >= 4 is 11.6 Å². The number of anilines is 1. The maximum absolute atomic E-state index is 11.7. The van der Waals surface area contributed by atoms with Gasteiger partial charge in [-0.25, -0.2) is 0 Å². The number of rotatable bonds is 1. The first-order valence-corrected chi connectivity index (χ1v) is 4.58. The molecule has 1 aromatic heterocycles. The van der Waals surface area contributed by atoms with Gasteiger partial charge in [0.1, 0.15) is 5.69 Å². The Balaban J connectivity index is 2.09. The van der Waals surface area contributed by atoms with Crippen LogP contribution in [0.15, 0.2) is 12.3 Å². The molecule has 0 saturated carbocycles. The van der Waals surface area contributed by atoms with E-state index in [1.54, 1.807) is 17.2 Å². The lowest BCUT2D eigenvalue weighted by Gasteiger charge is -2.13. The van der Waals surface area contributed by atoms with Gasteiger partial charge in [0, 0.05) is 25.0 Å². The van der Waals surface area contributed by atoms with Crippen molar-refractivity contribution in [2.75, 3.05) is 18.8 Å². The van der Waals surface area contributed by atoms with E-state index in [1.165, 1.54) is 0 Å². The second-order valence-corrected chi connectivity index (χ2v) is 3.54. The molecule has 2 heterocycles. The SMILES string of the molecule is Nc1c[nH]c(C(=O)N2CC[C@H](O)C2)c1. The van der Waals surface area contributed by atoms with Gasteiger partial charge in [0.15, 0.2) is 0 Å². The molecule has 0 aromatic carbocycles. The van der Waals surface area contributed by atoms with Crippen LogP contribution < -0.4 is 5.73 Å². The summed E-state index contributed by atoms with van der Waals surface area (Å²) >= 11 is 0. The van der Waals surface area contributed by atoms with E-state index in [0.29, 0.717) is 30.9 Å². The largest absolute Gasteiger partial charge is 0.397 e. The number of aliphatic hydroxyl groups excluding tert-OH is 1. The second-order valence-electron chi connectivity index (χ2n) is 3.54. The van der Waals surface area contributed by atoms with E-state index < -0.39 is 0 Å². The molecular weight excluding hydrogens is 182 g/mol. The van der Waals surface area contributed by atoms with Gasteiger partial charge >= 0.3 is 0 Å². The van der Waals surface area contributed by atoms with Crippen LogP contribution in [0.4, 0.5) is 5.69 Å². The summed E-state index contributed by atoms with van der Waals surface area (Å²) in [6.07, 6.45) is 1.85. The Morgan fingerprint density at radius 1 is 1.71 bits per heavy atom. The van der Waals surface area contributed by atoms with Crippen molar-refractivity contribution in [3.05, 3.63) is 18.0 Å². The summed E-state index contributed by atoms with van der Waals surface area (Å²) in [5.74, 6) is -0.0988. The summed E-state index contributed by atoms with van der Waals surface area (Å²) in [7, 11) is 0. The number of aliphatic hydroxyl groups is 1. The number of aromatic nitrogens is 1. The molecule has 2 rings (SSSR count). The van der Waals surface area contributed by atoms with E-state index in [9.17, 15) is 9.90 Å². The Bertz CT molecular complexity index is 348. The Morgan fingerprint density at radius 2 is 2.50 bits per heavy atom. The molecule has 5 heteroatoms. The fourth-order valence-corrected chi connectivity index (χ4v) is 1.63. The predicted molar refractivity (Wildman–Crippen MR) is 51.7 cm³/mol. The highest BCUT2D eigenvalue weighted by Crippen LogP contribution is 2.14. The minimum absolute atomic E-state index is 0.0988. The number of likely N-dealkylation sites (tertiary alicyclic amines) is 1. The molecule has 1 aromatic rings. The number of carbonyl (C=O) groups is 1. The van der Waals surface area contributed by atoms with Crippen LogP contribution in [-0.4, -0.2) is 40.1 Å². The van der Waals surface area contributed by atoms with Crippen molar-refractivity contribution in [2.24, 2.45) is 0 Å². The molecule has 4 N–H and O–H groups in total. The number of nitrogens with two attached hydrogens (primary N) is 1. The number of hydrogen-bond donors (Lipinski definition) is 3. The first-order valence-electron chi connectivity index (χ1n) is 4.58. The van der Waals surface area contributed by atoms with Gasteiger partial charge in [-0.2, -0.15) is 0 Å². The first kappa shape index (κ1) is 9.08. The molecule has 1 fully saturated rings. The molecule has 1 atom stereocenters. The molecular formula is C9H13N3O2. The molecule has 0 bridgehead atoms. The van der Waals surface area contributed by atoms with Gasteiger partial charge in [-0.1, -0.05) is 0 Å². The molecule has 14 heavy (non-hydrogen) atoms. The van der Waals surface area contributed by atoms with E-state index in [0.717, 1.165) is 0 Å². The van der Waals surface area contributed by atoms with Crippen LogP contribution in [0.1, 0.15) is 16.9 Å². The van der Waals surface area contributed by atoms with Gasteiger partial charge < -0.3 is 20.7 Å². The van der Waals surface area contributed by atoms with Crippen LogP contribution in [0.2, 0.25) is 0 Å². The quantitative estimate of drug-likeness (QED) is 0.580. The summed E-state index contributed by atoms with van der Waals surface area (Å²) in [5, 5.41) is 9.27. The molecule has 76 valence electrons. The number of nitrogen functional groups attached to an aromatic ring is 1. The number of hydrogen-bond acceptors (Lipinski definition) is 3. The fraction of sp³-hybridized carbons (Fsp3) is 0.444. The van der Waals surface area contributed by atoms with Gasteiger partial charge in [-0.05, 0) is 12.5 Å². The Kier molecular flexibility index (Phi) is 2.17. The minimum Gasteiger partial charge on any atom is -0.397 e. The van der Waals surface area contributed by atoms with Gasteiger partial charge in [-0.3, -0.25) is 4.79 Å². The average molecular weight is 195 g/mol. The van der Waals surface area contributed by atoms with Crippen molar-refractivity contribution in [3.63, 3.8) is 0 Å². The molecule has 0 unspecified atom stereocenters. The fourth-order valence-electron chi connectivity index (χ4n) is 1.63. The highest BCUT2D eigenvalue weighted by atomic mass is 16.3. The van der Waals surface area contributed by atoms with Gasteiger partial charge in [0.2, 0.25) is 0 Å². The molecule has 0 radical (unpaired) electrons. The van der Waals surface area contributed by atoms with Crippen LogP contribution in [-0.2, 0) is 0 Å². The Hall–Kier alpha value is -1.49. The van der Waals surface area contributed by atoms with E-state index in [4.69, 9.17) is 5.73 Å². The number of aromatic amines is 1. The minimum atomic E-state index is -0.383. The van der Waals surface area contributed by atoms with E-state index in [1.807, 2.05) is 0 Å². The van der Waals surface area contributed by atoms with Crippen LogP contribution in [0.5, 0.6) is 0 Å². The number of H-pyrrole nitrogens is 1. The average Bonchev–Trinajstić information content (AvgIpc) is 2.73. The van der Waals surface area contributed by atoms with Crippen molar-refractivity contribution < 1.29 is 9.90 Å². The zero-order chi connectivity index (χ0) is 10.1. The topological polar surface area (TPSA) is 82.4 Å². The lowest BCUT2D eigenvalue weighted by Crippen LogP contribution is -2.29. The molecule has 5 nitrogen and oxygen atoms in total. The van der Waals surface area contributed by atoms with Gasteiger partial charge in [0.25, 0.3) is 5.91 Å². The molecule has 1 aliphatic heterocycles. The lowest BCUT2D eigenvalue weighted by atomic mass is 10.3. The van der Waals surface area contributed by atoms with Crippen LogP contribution in [0, 0.1) is 0 Å². The number of β-amino-alcohol motifs (C(OH)–C–C–N with tert-alkyl or cyclic N) is 1. The van der Waals surface area contributed by atoms with E-state index in [2.05, 4.69) is 4.98 Å². The van der Waals surface area contributed by atoms with Gasteiger partial charge in [0.05, 0.1) is 6.10 Å². The number of amides is 1. The molecule has 0 spiro atoms. The predicted octanol–water partition coefficient (Wildman–Crippen LogP) is -0.196. The number of nitrogens with one attached hydrogen (secondary N) is 1.